The molecule has 0 saturated heterocycles. The third-order valence-corrected chi connectivity index (χ3v) is 5.14. The highest BCUT2D eigenvalue weighted by Gasteiger charge is 2.43. The number of fused-ring (bicyclic) bond motifs is 1. The first-order chi connectivity index (χ1) is 10.7. The van der Waals surface area contributed by atoms with Crippen LogP contribution >= 0.6 is 0 Å². The minimum Gasteiger partial charge on any atom is -0.481 e. The van der Waals surface area contributed by atoms with Crippen molar-refractivity contribution in [3.8, 4) is 0 Å². The number of benzene rings is 1. The van der Waals surface area contributed by atoms with E-state index < -0.39 is 11.4 Å². The Hall–Kier alpha value is -1.31. The first-order valence-electron chi connectivity index (χ1n) is 8.98. The highest BCUT2D eigenvalue weighted by Crippen LogP contribution is 2.41. The highest BCUT2D eigenvalue weighted by atomic mass is 16.4. The molecule has 122 valence electrons. The van der Waals surface area contributed by atoms with Crippen molar-refractivity contribution >= 4 is 5.97 Å². The summed E-state index contributed by atoms with van der Waals surface area (Å²) in [5.41, 5.74) is 1.94. The molecule has 2 nitrogen and oxygen atoms in total. The van der Waals surface area contributed by atoms with E-state index in [2.05, 4.69) is 19.1 Å². The van der Waals surface area contributed by atoms with Gasteiger partial charge in [0.05, 0.1) is 5.41 Å². The molecule has 1 N–H and O–H groups in total. The van der Waals surface area contributed by atoms with Gasteiger partial charge in [0.2, 0.25) is 0 Å². The Morgan fingerprint density at radius 2 is 1.45 bits per heavy atom. The average Bonchev–Trinajstić information content (AvgIpc) is 2.90. The lowest BCUT2D eigenvalue weighted by Crippen LogP contribution is -2.31. The summed E-state index contributed by atoms with van der Waals surface area (Å²) in [6, 6.07) is 8.22. The van der Waals surface area contributed by atoms with E-state index in [0.29, 0.717) is 0 Å². The predicted molar refractivity (Wildman–Crippen MR) is 91.1 cm³/mol. The van der Waals surface area contributed by atoms with Crippen molar-refractivity contribution in [2.45, 2.75) is 77.6 Å². The summed E-state index contributed by atoms with van der Waals surface area (Å²) in [7, 11) is 0. The summed E-state index contributed by atoms with van der Waals surface area (Å²) in [5.74, 6) is -0.605. The molecule has 0 fully saturated rings. The monoisotopic (exact) mass is 302 g/mol. The van der Waals surface area contributed by atoms with Crippen molar-refractivity contribution < 1.29 is 9.90 Å². The van der Waals surface area contributed by atoms with Crippen LogP contribution in [0.4, 0.5) is 0 Å². The second-order valence-electron chi connectivity index (χ2n) is 6.93. The smallest absolute Gasteiger partial charge is 0.310 e. The van der Waals surface area contributed by atoms with Crippen LogP contribution in [-0.4, -0.2) is 11.1 Å². The number of aliphatic carboxylic acids is 1. The van der Waals surface area contributed by atoms with Crippen LogP contribution in [0.2, 0.25) is 0 Å². The van der Waals surface area contributed by atoms with E-state index in [0.717, 1.165) is 25.7 Å². The molecule has 2 rings (SSSR count). The first kappa shape index (κ1) is 17.1. The zero-order chi connectivity index (χ0) is 15.8. The van der Waals surface area contributed by atoms with Gasteiger partial charge in [-0.3, -0.25) is 4.79 Å². The Kier molecular flexibility index (Phi) is 6.48. The van der Waals surface area contributed by atoms with Crippen molar-refractivity contribution in [1.82, 2.24) is 0 Å². The summed E-state index contributed by atoms with van der Waals surface area (Å²) < 4.78 is 0. The number of carboxylic acid groups (broad SMARTS) is 1. The van der Waals surface area contributed by atoms with Crippen LogP contribution in [0.1, 0.15) is 75.8 Å². The zero-order valence-corrected chi connectivity index (χ0v) is 13.9. The van der Waals surface area contributed by atoms with Crippen molar-refractivity contribution in [3.05, 3.63) is 35.4 Å². The molecule has 22 heavy (non-hydrogen) atoms. The molecular weight excluding hydrogens is 272 g/mol. The molecule has 0 spiro atoms. The van der Waals surface area contributed by atoms with Gasteiger partial charge < -0.3 is 5.11 Å². The molecule has 0 atom stereocenters. The lowest BCUT2D eigenvalue weighted by Gasteiger charge is -2.23. The van der Waals surface area contributed by atoms with Crippen molar-refractivity contribution in [2.75, 3.05) is 0 Å². The maximum absolute atomic E-state index is 11.8. The van der Waals surface area contributed by atoms with E-state index in [4.69, 9.17) is 0 Å². The molecule has 0 amide bonds. The van der Waals surface area contributed by atoms with Crippen LogP contribution in [0.15, 0.2) is 24.3 Å². The van der Waals surface area contributed by atoms with Crippen LogP contribution in [0.25, 0.3) is 0 Å². The molecule has 2 heteroatoms. The molecule has 1 aromatic carbocycles. The second-order valence-corrected chi connectivity index (χ2v) is 6.93. The standard InChI is InChI=1S/C20H30O2/c1-2-3-4-5-6-7-8-11-14-20(19(21)22)15-17-12-9-10-13-18(17)16-20/h9-10,12-13H,2-8,11,14-16H2,1H3,(H,21,22). The first-order valence-corrected chi connectivity index (χ1v) is 8.98. The molecule has 0 heterocycles. The largest absolute Gasteiger partial charge is 0.481 e. The van der Waals surface area contributed by atoms with E-state index in [1.807, 2.05) is 12.1 Å². The van der Waals surface area contributed by atoms with Crippen molar-refractivity contribution in [1.29, 1.82) is 0 Å². The number of hydrogen-bond donors (Lipinski definition) is 1. The fourth-order valence-corrected chi connectivity index (χ4v) is 3.73. The second kappa shape index (κ2) is 8.36. The van der Waals surface area contributed by atoms with Crippen molar-refractivity contribution in [2.24, 2.45) is 5.41 Å². The number of carboxylic acids is 1. The Morgan fingerprint density at radius 3 is 1.95 bits per heavy atom. The van der Waals surface area contributed by atoms with E-state index in [-0.39, 0.29) is 0 Å². The van der Waals surface area contributed by atoms with Crippen LogP contribution < -0.4 is 0 Å². The van der Waals surface area contributed by atoms with Gasteiger partial charge in [-0.25, -0.2) is 0 Å². The van der Waals surface area contributed by atoms with Gasteiger partial charge in [0, 0.05) is 0 Å². The van der Waals surface area contributed by atoms with E-state index >= 15 is 0 Å². The number of unbranched alkanes of at least 4 members (excludes halogenated alkanes) is 7. The van der Waals surface area contributed by atoms with Crippen LogP contribution in [-0.2, 0) is 17.6 Å². The fraction of sp³-hybridized carbons (Fsp3) is 0.650. The molecule has 0 aliphatic heterocycles. The number of rotatable bonds is 10. The Labute approximate surface area is 134 Å². The van der Waals surface area contributed by atoms with Gasteiger partial charge in [-0.2, -0.15) is 0 Å². The lowest BCUT2D eigenvalue weighted by molar-refractivity contribution is -0.149. The van der Waals surface area contributed by atoms with Gasteiger partial charge in [0.25, 0.3) is 0 Å². The van der Waals surface area contributed by atoms with E-state index in [9.17, 15) is 9.90 Å². The molecule has 1 aromatic rings. The fourth-order valence-electron chi connectivity index (χ4n) is 3.73. The molecule has 0 aromatic heterocycles. The minimum absolute atomic E-state index is 0.536. The Morgan fingerprint density at radius 1 is 0.955 bits per heavy atom. The summed E-state index contributed by atoms with van der Waals surface area (Å²) >= 11 is 0. The van der Waals surface area contributed by atoms with E-state index in [1.54, 1.807) is 0 Å². The molecule has 0 saturated carbocycles. The number of carbonyl (C=O) groups is 1. The molecule has 1 aliphatic rings. The molecule has 0 radical (unpaired) electrons. The van der Waals surface area contributed by atoms with Gasteiger partial charge in [-0.15, -0.1) is 0 Å². The quantitative estimate of drug-likeness (QED) is 0.589. The third kappa shape index (κ3) is 4.34. The summed E-state index contributed by atoms with van der Waals surface area (Å²) in [6.45, 7) is 2.24. The summed E-state index contributed by atoms with van der Waals surface area (Å²) in [5, 5.41) is 9.74. The lowest BCUT2D eigenvalue weighted by atomic mass is 9.79. The molecule has 1 aliphatic carbocycles. The van der Waals surface area contributed by atoms with Gasteiger partial charge in [-0.05, 0) is 30.4 Å². The van der Waals surface area contributed by atoms with E-state index in [1.165, 1.54) is 56.1 Å². The van der Waals surface area contributed by atoms with Gasteiger partial charge in [-0.1, -0.05) is 82.6 Å². The molecular formula is C20H30O2. The zero-order valence-electron chi connectivity index (χ0n) is 13.9. The SMILES string of the molecule is CCCCCCCCCCC1(C(=O)O)Cc2ccccc2C1. The van der Waals surface area contributed by atoms with Gasteiger partial charge in [0.15, 0.2) is 0 Å². The van der Waals surface area contributed by atoms with Crippen molar-refractivity contribution in [3.63, 3.8) is 0 Å². The molecule has 0 bridgehead atoms. The normalized spacial score (nSPS) is 15.7. The molecule has 0 unspecified atom stereocenters. The van der Waals surface area contributed by atoms with Crippen LogP contribution in [0.5, 0.6) is 0 Å². The van der Waals surface area contributed by atoms with Crippen LogP contribution in [0.3, 0.4) is 0 Å². The topological polar surface area (TPSA) is 37.3 Å². The number of hydrogen-bond acceptors (Lipinski definition) is 1. The maximum atomic E-state index is 11.8. The predicted octanol–water partition coefficient (Wildman–Crippen LogP) is 5.39. The van der Waals surface area contributed by atoms with Gasteiger partial charge in [0.1, 0.15) is 0 Å². The van der Waals surface area contributed by atoms with Crippen LogP contribution in [0, 0.1) is 5.41 Å². The Bertz CT molecular complexity index is 453. The average molecular weight is 302 g/mol. The Balaban J connectivity index is 1.74. The third-order valence-electron chi connectivity index (χ3n) is 5.14. The minimum atomic E-state index is -0.605. The highest BCUT2D eigenvalue weighted by molar-refractivity contribution is 5.77. The summed E-state index contributed by atoms with van der Waals surface area (Å²) in [4.78, 5) is 11.8. The van der Waals surface area contributed by atoms with Gasteiger partial charge >= 0.3 is 5.97 Å². The summed E-state index contributed by atoms with van der Waals surface area (Å²) in [6.07, 6.45) is 12.4. The maximum Gasteiger partial charge on any atom is 0.310 e.